The summed E-state index contributed by atoms with van der Waals surface area (Å²) in [5, 5.41) is 4.22. The smallest absolute Gasteiger partial charge is 0.0517 e. The number of benzene rings is 2. The van der Waals surface area contributed by atoms with Gasteiger partial charge in [-0.1, -0.05) is 29.8 Å². The lowest BCUT2D eigenvalue weighted by Gasteiger charge is -2.13. The van der Waals surface area contributed by atoms with Crippen LogP contribution in [0.4, 0.5) is 5.69 Å². The fourth-order valence-corrected chi connectivity index (χ4v) is 2.87. The Labute approximate surface area is 121 Å². The van der Waals surface area contributed by atoms with Crippen molar-refractivity contribution in [2.45, 2.75) is 20.4 Å². The molecule has 0 amide bonds. The number of hydrogen-bond acceptors (Lipinski definition) is 1. The van der Waals surface area contributed by atoms with Crippen molar-refractivity contribution >= 4 is 33.2 Å². The van der Waals surface area contributed by atoms with E-state index in [1.807, 2.05) is 24.3 Å². The second-order valence-electron chi connectivity index (χ2n) is 4.42. The lowest BCUT2D eigenvalue weighted by molar-refractivity contribution is 1.13. The van der Waals surface area contributed by atoms with Gasteiger partial charge in [-0.3, -0.25) is 0 Å². The van der Waals surface area contributed by atoms with Crippen molar-refractivity contribution in [3.63, 3.8) is 0 Å². The minimum Gasteiger partial charge on any atom is -0.380 e. The van der Waals surface area contributed by atoms with E-state index in [9.17, 15) is 0 Å². The summed E-state index contributed by atoms with van der Waals surface area (Å²) in [5.41, 5.74) is 4.87. The van der Waals surface area contributed by atoms with Gasteiger partial charge in [0.1, 0.15) is 0 Å². The molecule has 0 spiro atoms. The maximum atomic E-state index is 5.87. The summed E-state index contributed by atoms with van der Waals surface area (Å²) in [6, 6.07) is 12.2. The molecule has 0 fully saturated rings. The maximum absolute atomic E-state index is 5.87. The molecule has 1 nitrogen and oxygen atoms in total. The normalized spacial score (nSPS) is 10.4. The Morgan fingerprint density at radius 1 is 1.11 bits per heavy atom. The molecule has 0 unspecified atom stereocenters. The van der Waals surface area contributed by atoms with Gasteiger partial charge >= 0.3 is 0 Å². The van der Waals surface area contributed by atoms with Crippen LogP contribution in [0.2, 0.25) is 5.02 Å². The largest absolute Gasteiger partial charge is 0.380 e. The Kier molecular flexibility index (Phi) is 4.31. The predicted octanol–water partition coefficient (Wildman–Crippen LogP) is 5.33. The second kappa shape index (κ2) is 5.77. The van der Waals surface area contributed by atoms with Gasteiger partial charge in [0.2, 0.25) is 0 Å². The van der Waals surface area contributed by atoms with Crippen molar-refractivity contribution in [2.75, 3.05) is 5.32 Å². The summed E-state index contributed by atoms with van der Waals surface area (Å²) in [5.74, 6) is 0. The first-order chi connectivity index (χ1) is 8.56. The molecule has 0 aromatic heterocycles. The first-order valence-electron chi connectivity index (χ1n) is 5.81. The number of nitrogens with one attached hydrogen (secondary N) is 1. The van der Waals surface area contributed by atoms with E-state index in [4.69, 9.17) is 11.6 Å². The molecule has 0 radical (unpaired) electrons. The van der Waals surface area contributed by atoms with Crippen molar-refractivity contribution in [1.29, 1.82) is 0 Å². The number of aryl methyl sites for hydroxylation is 2. The topological polar surface area (TPSA) is 12.0 Å². The minimum absolute atomic E-state index is 0.770. The highest BCUT2D eigenvalue weighted by Gasteiger charge is 2.04. The summed E-state index contributed by atoms with van der Waals surface area (Å²) in [4.78, 5) is 0. The molecule has 0 aliphatic carbocycles. The Bertz CT molecular complexity index is 526. The van der Waals surface area contributed by atoms with E-state index in [1.165, 1.54) is 16.7 Å². The molecule has 2 aromatic carbocycles. The zero-order valence-electron chi connectivity index (χ0n) is 10.4. The zero-order chi connectivity index (χ0) is 13.1. The standard InChI is InChI=1S/C15H15BrClN/c1-10-7-11(2)15(14(16)8-10)18-9-12-3-5-13(17)6-4-12/h3-8,18H,9H2,1-2H3. The number of hydrogen-bond donors (Lipinski definition) is 1. The van der Waals surface area contributed by atoms with Crippen LogP contribution in [0, 0.1) is 13.8 Å². The second-order valence-corrected chi connectivity index (χ2v) is 5.71. The summed E-state index contributed by atoms with van der Waals surface area (Å²) < 4.78 is 1.11. The molecule has 94 valence electrons. The third-order valence-corrected chi connectivity index (χ3v) is 3.69. The third kappa shape index (κ3) is 3.27. The van der Waals surface area contributed by atoms with Gasteiger partial charge < -0.3 is 5.32 Å². The number of anilines is 1. The SMILES string of the molecule is Cc1cc(C)c(NCc2ccc(Cl)cc2)c(Br)c1. The van der Waals surface area contributed by atoms with Crippen LogP contribution < -0.4 is 5.32 Å². The molecule has 1 N–H and O–H groups in total. The van der Waals surface area contributed by atoms with Gasteiger partial charge in [-0.2, -0.15) is 0 Å². The van der Waals surface area contributed by atoms with E-state index in [-0.39, 0.29) is 0 Å². The molecule has 0 saturated carbocycles. The van der Waals surface area contributed by atoms with Gasteiger partial charge in [-0.05, 0) is 64.7 Å². The Hall–Kier alpha value is -0.990. The molecule has 18 heavy (non-hydrogen) atoms. The highest BCUT2D eigenvalue weighted by molar-refractivity contribution is 9.10. The molecule has 2 aromatic rings. The van der Waals surface area contributed by atoms with Crippen LogP contribution in [0.15, 0.2) is 40.9 Å². The molecule has 0 aliphatic rings. The van der Waals surface area contributed by atoms with E-state index in [1.54, 1.807) is 0 Å². The van der Waals surface area contributed by atoms with E-state index < -0.39 is 0 Å². The highest BCUT2D eigenvalue weighted by Crippen LogP contribution is 2.28. The van der Waals surface area contributed by atoms with Crippen LogP contribution >= 0.6 is 27.5 Å². The molecular formula is C15H15BrClN. The van der Waals surface area contributed by atoms with Gasteiger partial charge in [0.25, 0.3) is 0 Å². The average Bonchev–Trinajstić information content (AvgIpc) is 2.30. The van der Waals surface area contributed by atoms with Crippen LogP contribution in [-0.4, -0.2) is 0 Å². The van der Waals surface area contributed by atoms with Crippen molar-refractivity contribution in [3.05, 3.63) is 62.6 Å². The zero-order valence-corrected chi connectivity index (χ0v) is 12.8. The van der Waals surface area contributed by atoms with Gasteiger partial charge in [-0.25, -0.2) is 0 Å². The molecule has 0 bridgehead atoms. The molecule has 0 heterocycles. The number of halogens is 2. The van der Waals surface area contributed by atoms with Crippen LogP contribution in [0.3, 0.4) is 0 Å². The van der Waals surface area contributed by atoms with Crippen LogP contribution in [-0.2, 0) is 6.54 Å². The van der Waals surface area contributed by atoms with Crippen LogP contribution in [0.5, 0.6) is 0 Å². The highest BCUT2D eigenvalue weighted by atomic mass is 79.9. The van der Waals surface area contributed by atoms with Crippen LogP contribution in [0.25, 0.3) is 0 Å². The molecule has 2 rings (SSSR count). The van der Waals surface area contributed by atoms with E-state index in [0.29, 0.717) is 0 Å². The van der Waals surface area contributed by atoms with E-state index >= 15 is 0 Å². The number of rotatable bonds is 3. The van der Waals surface area contributed by atoms with Gasteiger partial charge in [0.05, 0.1) is 5.69 Å². The fraction of sp³-hybridized carbons (Fsp3) is 0.200. The summed E-state index contributed by atoms with van der Waals surface area (Å²) in [6.07, 6.45) is 0. The molecule has 0 atom stereocenters. The Morgan fingerprint density at radius 3 is 2.39 bits per heavy atom. The molecular weight excluding hydrogens is 310 g/mol. The Balaban J connectivity index is 2.13. The minimum atomic E-state index is 0.770. The van der Waals surface area contributed by atoms with Crippen molar-refractivity contribution in [3.8, 4) is 0 Å². The summed E-state index contributed by atoms with van der Waals surface area (Å²) in [7, 11) is 0. The van der Waals surface area contributed by atoms with Crippen LogP contribution in [0.1, 0.15) is 16.7 Å². The summed E-state index contributed by atoms with van der Waals surface area (Å²) in [6.45, 7) is 5.00. The molecule has 0 saturated heterocycles. The predicted molar refractivity (Wildman–Crippen MR) is 82.4 cm³/mol. The van der Waals surface area contributed by atoms with Gasteiger partial charge in [0.15, 0.2) is 0 Å². The summed E-state index contributed by atoms with van der Waals surface area (Å²) >= 11 is 9.47. The van der Waals surface area contributed by atoms with Crippen molar-refractivity contribution in [1.82, 2.24) is 0 Å². The Morgan fingerprint density at radius 2 is 1.78 bits per heavy atom. The lowest BCUT2D eigenvalue weighted by Crippen LogP contribution is -2.02. The van der Waals surface area contributed by atoms with Crippen molar-refractivity contribution in [2.24, 2.45) is 0 Å². The fourth-order valence-electron chi connectivity index (χ4n) is 1.93. The molecule has 0 aliphatic heterocycles. The first kappa shape index (κ1) is 13.4. The van der Waals surface area contributed by atoms with Gasteiger partial charge in [0, 0.05) is 16.0 Å². The maximum Gasteiger partial charge on any atom is 0.0517 e. The first-order valence-corrected chi connectivity index (χ1v) is 6.98. The monoisotopic (exact) mass is 323 g/mol. The average molecular weight is 325 g/mol. The molecule has 3 heteroatoms. The lowest BCUT2D eigenvalue weighted by atomic mass is 10.1. The van der Waals surface area contributed by atoms with E-state index in [0.717, 1.165) is 21.7 Å². The van der Waals surface area contributed by atoms with E-state index in [2.05, 4.69) is 47.2 Å². The third-order valence-electron chi connectivity index (χ3n) is 2.81. The van der Waals surface area contributed by atoms with Crippen molar-refractivity contribution < 1.29 is 0 Å². The quantitative estimate of drug-likeness (QED) is 0.804. The van der Waals surface area contributed by atoms with Gasteiger partial charge in [-0.15, -0.1) is 0 Å².